The van der Waals surface area contributed by atoms with Gasteiger partial charge < -0.3 is 5.32 Å². The average molecular weight is 510 g/mol. The summed E-state index contributed by atoms with van der Waals surface area (Å²) < 4.78 is 27.2. The Bertz CT molecular complexity index is 1090. The maximum atomic E-state index is 12.9. The van der Waals surface area contributed by atoms with Crippen LogP contribution in [0.1, 0.15) is 37.7 Å². The van der Waals surface area contributed by atoms with Crippen LogP contribution in [0.3, 0.4) is 0 Å². The minimum Gasteiger partial charge on any atom is -0.326 e. The zero-order chi connectivity index (χ0) is 23.4. The standard InChI is InChI=1S/C24H29Cl2N3O3S/c25-20-7-6-18(23(26)15-20)16-28-12-4-5-19(17-28)24(30)27-21-8-10-22(11-9-21)33(31,32)29-13-2-1-3-14-29/h6-11,15,19H,1-5,12-14,16-17H2,(H,27,30). The third-order valence-electron chi connectivity index (χ3n) is 6.36. The smallest absolute Gasteiger partial charge is 0.243 e. The van der Waals surface area contributed by atoms with Crippen molar-refractivity contribution in [2.75, 3.05) is 31.5 Å². The van der Waals surface area contributed by atoms with Crippen LogP contribution in [0.25, 0.3) is 0 Å². The lowest BCUT2D eigenvalue weighted by Crippen LogP contribution is -2.40. The van der Waals surface area contributed by atoms with Crippen molar-refractivity contribution in [2.45, 2.75) is 43.5 Å². The first kappa shape index (κ1) is 24.5. The molecular weight excluding hydrogens is 481 g/mol. The molecule has 1 amide bonds. The molecule has 33 heavy (non-hydrogen) atoms. The fourth-order valence-corrected chi connectivity index (χ4v) is 6.50. The van der Waals surface area contributed by atoms with Crippen molar-refractivity contribution in [1.82, 2.24) is 9.21 Å². The number of hydrogen-bond acceptors (Lipinski definition) is 4. The minimum atomic E-state index is -3.48. The highest BCUT2D eigenvalue weighted by molar-refractivity contribution is 7.89. The van der Waals surface area contributed by atoms with E-state index in [4.69, 9.17) is 23.2 Å². The monoisotopic (exact) mass is 509 g/mol. The van der Waals surface area contributed by atoms with Crippen molar-refractivity contribution in [3.05, 3.63) is 58.1 Å². The number of nitrogens with one attached hydrogen (secondary N) is 1. The summed E-state index contributed by atoms with van der Waals surface area (Å²) in [7, 11) is -3.48. The van der Waals surface area contributed by atoms with E-state index in [9.17, 15) is 13.2 Å². The number of nitrogens with zero attached hydrogens (tertiary/aromatic N) is 2. The molecule has 178 valence electrons. The van der Waals surface area contributed by atoms with E-state index < -0.39 is 10.0 Å². The fraction of sp³-hybridized carbons (Fsp3) is 0.458. The van der Waals surface area contributed by atoms with Crippen LogP contribution in [-0.2, 0) is 21.4 Å². The maximum Gasteiger partial charge on any atom is 0.243 e. The molecular formula is C24H29Cl2N3O3S. The molecule has 1 unspecified atom stereocenters. The lowest BCUT2D eigenvalue weighted by molar-refractivity contribution is -0.121. The summed E-state index contributed by atoms with van der Waals surface area (Å²) in [5, 5.41) is 4.19. The normalized spacial score (nSPS) is 20.5. The maximum absolute atomic E-state index is 12.9. The third-order valence-corrected chi connectivity index (χ3v) is 8.86. The number of carbonyl (C=O) groups excluding carboxylic acids is 1. The first-order valence-corrected chi connectivity index (χ1v) is 13.6. The predicted octanol–water partition coefficient (Wildman–Crippen LogP) is 5.02. The molecule has 0 bridgehead atoms. The summed E-state index contributed by atoms with van der Waals surface area (Å²) in [5.74, 6) is -0.185. The molecule has 6 nitrogen and oxygen atoms in total. The van der Waals surface area contributed by atoms with Gasteiger partial charge >= 0.3 is 0 Å². The lowest BCUT2D eigenvalue weighted by atomic mass is 9.96. The van der Waals surface area contributed by atoms with Crippen molar-refractivity contribution in [1.29, 1.82) is 0 Å². The number of carbonyl (C=O) groups is 1. The molecule has 2 aliphatic rings. The Morgan fingerprint density at radius 1 is 0.970 bits per heavy atom. The van der Waals surface area contributed by atoms with Crippen molar-refractivity contribution in [3.8, 4) is 0 Å². The van der Waals surface area contributed by atoms with Crippen LogP contribution in [0.4, 0.5) is 5.69 Å². The topological polar surface area (TPSA) is 69.7 Å². The molecule has 9 heteroatoms. The number of halogens is 2. The summed E-state index contributed by atoms with van der Waals surface area (Å²) >= 11 is 12.3. The second-order valence-corrected chi connectivity index (χ2v) is 11.6. The number of anilines is 1. The average Bonchev–Trinajstić information content (AvgIpc) is 2.82. The van der Waals surface area contributed by atoms with Crippen LogP contribution >= 0.6 is 23.2 Å². The van der Waals surface area contributed by atoms with Gasteiger partial charge in [-0.3, -0.25) is 9.69 Å². The first-order chi connectivity index (χ1) is 15.8. The summed E-state index contributed by atoms with van der Waals surface area (Å²) in [6.07, 6.45) is 4.61. The highest BCUT2D eigenvalue weighted by Gasteiger charge is 2.28. The van der Waals surface area contributed by atoms with Crippen molar-refractivity contribution in [2.24, 2.45) is 5.92 Å². The Kier molecular flexibility index (Phi) is 7.97. The Hall–Kier alpha value is -1.64. The van der Waals surface area contributed by atoms with Gasteiger partial charge in [-0.25, -0.2) is 8.42 Å². The number of sulfonamides is 1. The van der Waals surface area contributed by atoms with Crippen LogP contribution in [0.5, 0.6) is 0 Å². The molecule has 0 spiro atoms. The van der Waals surface area contributed by atoms with Crippen LogP contribution < -0.4 is 5.32 Å². The Labute approximate surface area is 205 Å². The molecule has 0 radical (unpaired) electrons. The van der Waals surface area contributed by atoms with E-state index >= 15 is 0 Å². The van der Waals surface area contributed by atoms with Gasteiger partial charge in [0.1, 0.15) is 0 Å². The second-order valence-electron chi connectivity index (χ2n) is 8.79. The number of likely N-dealkylation sites (tertiary alicyclic amines) is 1. The van der Waals surface area contributed by atoms with Gasteiger partial charge in [0.15, 0.2) is 0 Å². The van der Waals surface area contributed by atoms with Gasteiger partial charge in [0.05, 0.1) is 10.8 Å². The molecule has 0 aliphatic carbocycles. The molecule has 2 saturated heterocycles. The van der Waals surface area contributed by atoms with E-state index in [1.54, 1.807) is 34.6 Å². The number of rotatable bonds is 6. The minimum absolute atomic E-state index is 0.0476. The van der Waals surface area contributed by atoms with Crippen LogP contribution in [0.2, 0.25) is 10.0 Å². The van der Waals surface area contributed by atoms with Crippen LogP contribution in [-0.4, -0.2) is 49.7 Å². The van der Waals surface area contributed by atoms with Crippen LogP contribution in [0, 0.1) is 5.92 Å². The SMILES string of the molecule is O=C(Nc1ccc(S(=O)(=O)N2CCCCC2)cc1)C1CCCN(Cc2ccc(Cl)cc2Cl)C1. The molecule has 2 heterocycles. The van der Waals surface area contributed by atoms with E-state index in [2.05, 4.69) is 10.2 Å². The van der Waals surface area contributed by atoms with Gasteiger partial charge in [-0.2, -0.15) is 4.31 Å². The summed E-state index contributed by atoms with van der Waals surface area (Å²) in [6, 6.07) is 12.0. The summed E-state index contributed by atoms with van der Waals surface area (Å²) in [4.78, 5) is 15.4. The highest BCUT2D eigenvalue weighted by Crippen LogP contribution is 2.26. The molecule has 2 fully saturated rings. The molecule has 2 aromatic carbocycles. The van der Waals surface area contributed by atoms with E-state index in [1.165, 1.54) is 0 Å². The van der Waals surface area contributed by atoms with Crippen molar-refractivity contribution >= 4 is 44.8 Å². The van der Waals surface area contributed by atoms with Crippen LogP contribution in [0.15, 0.2) is 47.4 Å². The number of piperidine rings is 2. The largest absolute Gasteiger partial charge is 0.326 e. The molecule has 1 N–H and O–H groups in total. The number of amides is 1. The van der Waals surface area contributed by atoms with Crippen molar-refractivity contribution < 1.29 is 13.2 Å². The summed E-state index contributed by atoms with van der Waals surface area (Å²) in [6.45, 7) is 3.36. The van der Waals surface area contributed by atoms with E-state index in [0.29, 0.717) is 41.9 Å². The van der Waals surface area contributed by atoms with Crippen molar-refractivity contribution in [3.63, 3.8) is 0 Å². The summed E-state index contributed by atoms with van der Waals surface area (Å²) in [5.41, 5.74) is 1.60. The Morgan fingerprint density at radius 2 is 1.70 bits per heavy atom. The second kappa shape index (κ2) is 10.7. The third kappa shape index (κ3) is 6.08. The first-order valence-electron chi connectivity index (χ1n) is 11.4. The van der Waals surface area contributed by atoms with Gasteiger partial charge in [0.2, 0.25) is 15.9 Å². The van der Waals surface area contributed by atoms with Gasteiger partial charge in [0.25, 0.3) is 0 Å². The zero-order valence-electron chi connectivity index (χ0n) is 18.5. The molecule has 0 saturated carbocycles. The Balaban J connectivity index is 1.35. The molecule has 2 aliphatic heterocycles. The number of benzene rings is 2. The molecule has 4 rings (SSSR count). The molecule has 1 atom stereocenters. The van der Waals surface area contributed by atoms with E-state index in [-0.39, 0.29) is 16.7 Å². The fourth-order valence-electron chi connectivity index (χ4n) is 4.51. The zero-order valence-corrected chi connectivity index (χ0v) is 20.8. The van der Waals surface area contributed by atoms with E-state index in [0.717, 1.165) is 44.2 Å². The molecule has 0 aromatic heterocycles. The van der Waals surface area contributed by atoms with Gasteiger partial charge in [-0.1, -0.05) is 35.7 Å². The molecule has 2 aromatic rings. The van der Waals surface area contributed by atoms with E-state index in [1.807, 2.05) is 12.1 Å². The lowest BCUT2D eigenvalue weighted by Gasteiger charge is -2.32. The van der Waals surface area contributed by atoms with Gasteiger partial charge in [-0.05, 0) is 74.2 Å². The van der Waals surface area contributed by atoms with Gasteiger partial charge in [0, 0.05) is 41.9 Å². The predicted molar refractivity (Wildman–Crippen MR) is 132 cm³/mol. The Morgan fingerprint density at radius 3 is 2.39 bits per heavy atom. The van der Waals surface area contributed by atoms with Gasteiger partial charge in [-0.15, -0.1) is 0 Å². The quantitative estimate of drug-likeness (QED) is 0.593. The number of hydrogen-bond donors (Lipinski definition) is 1. The highest BCUT2D eigenvalue weighted by atomic mass is 35.5.